The Bertz CT molecular complexity index is 1360. The van der Waals surface area contributed by atoms with Gasteiger partial charge in [0.2, 0.25) is 11.8 Å². The highest BCUT2D eigenvalue weighted by molar-refractivity contribution is 8.02. The maximum Gasteiger partial charge on any atom is 0.251 e. The molecule has 0 saturated carbocycles. The number of thioether (sulfide) groups is 1. The molecular weight excluding hydrogens is 534 g/mol. The summed E-state index contributed by atoms with van der Waals surface area (Å²) in [5, 5.41) is 10.1. The van der Waals surface area contributed by atoms with Crippen molar-refractivity contribution in [2.75, 3.05) is 31.1 Å². The van der Waals surface area contributed by atoms with Crippen LogP contribution in [0.1, 0.15) is 11.1 Å². The summed E-state index contributed by atoms with van der Waals surface area (Å²) >= 11 is 8.11. The molecule has 0 bridgehead atoms. The number of fused-ring (bicyclic) bond motifs is 2. The first-order chi connectivity index (χ1) is 18.9. The van der Waals surface area contributed by atoms with Crippen molar-refractivity contribution in [3.8, 4) is 0 Å². The molecule has 3 amide bonds. The molecule has 4 aliphatic heterocycles. The lowest BCUT2D eigenvalue weighted by atomic mass is 9.78. The molecule has 2 aromatic rings. The number of hydrogen-bond donors (Lipinski definition) is 1. The number of aliphatic hydroxyl groups is 1. The molecule has 4 aliphatic rings. The highest BCUT2D eigenvalue weighted by Crippen LogP contribution is 2.61. The van der Waals surface area contributed by atoms with Crippen molar-refractivity contribution in [2.24, 2.45) is 11.8 Å². The van der Waals surface area contributed by atoms with E-state index in [1.54, 1.807) is 15.9 Å². The average molecular weight is 564 g/mol. The van der Waals surface area contributed by atoms with Crippen LogP contribution in [0, 0.1) is 18.8 Å². The van der Waals surface area contributed by atoms with Crippen molar-refractivity contribution >= 4 is 46.8 Å². The minimum absolute atomic E-state index is 0.0202. The SMILES string of the molecule is Cc1cccc(Cl)c1N1CC=C[C@]23S[C@H]4C=CCN(Cc5ccccc5)C(=O)[C@H]4[C@H]2C(=O)N(CCO)C3C1=O. The summed E-state index contributed by atoms with van der Waals surface area (Å²) in [6.07, 6.45) is 7.94. The van der Waals surface area contributed by atoms with E-state index in [2.05, 4.69) is 0 Å². The summed E-state index contributed by atoms with van der Waals surface area (Å²) in [7, 11) is 0. The number of rotatable bonds is 5. The number of likely N-dealkylation sites (tertiary alicyclic amines) is 1. The van der Waals surface area contributed by atoms with Crippen LogP contribution >= 0.6 is 23.4 Å². The van der Waals surface area contributed by atoms with Gasteiger partial charge in [-0.25, -0.2) is 0 Å². The third-order valence-corrected chi connectivity index (χ3v) is 10.3. The number of nitrogens with zero attached hydrogens (tertiary/aromatic N) is 3. The number of β-amino-alcohol motifs (C(OH)–C–C–N with tert-alkyl or cyclic N) is 1. The Balaban J connectivity index is 1.41. The predicted octanol–water partition coefficient (Wildman–Crippen LogP) is 3.44. The summed E-state index contributed by atoms with van der Waals surface area (Å²) < 4.78 is -0.932. The molecule has 1 N–H and O–H groups in total. The molecule has 2 saturated heterocycles. The van der Waals surface area contributed by atoms with Crippen molar-refractivity contribution < 1.29 is 19.5 Å². The number of hydrogen-bond acceptors (Lipinski definition) is 5. The van der Waals surface area contributed by atoms with Gasteiger partial charge in [-0.15, -0.1) is 11.8 Å². The van der Waals surface area contributed by atoms with E-state index in [9.17, 15) is 19.5 Å². The lowest BCUT2D eigenvalue weighted by molar-refractivity contribution is -0.143. The molecule has 4 heterocycles. The summed E-state index contributed by atoms with van der Waals surface area (Å²) in [5.41, 5.74) is 2.49. The van der Waals surface area contributed by atoms with Crippen molar-refractivity contribution in [1.82, 2.24) is 9.80 Å². The summed E-state index contributed by atoms with van der Waals surface area (Å²) in [4.78, 5) is 47.6. The molecule has 0 radical (unpaired) electrons. The lowest BCUT2D eigenvalue weighted by Crippen LogP contribution is -2.54. The lowest BCUT2D eigenvalue weighted by Gasteiger charge is -2.35. The third kappa shape index (κ3) is 4.12. The first-order valence-corrected chi connectivity index (χ1v) is 14.5. The topological polar surface area (TPSA) is 81.2 Å². The quantitative estimate of drug-likeness (QED) is 0.564. The van der Waals surface area contributed by atoms with E-state index < -0.39 is 22.6 Å². The Morgan fingerprint density at radius 2 is 1.79 bits per heavy atom. The standard InChI is InChI=1S/C30H30ClN3O4S/c1-19-8-5-11-21(31)25(19)33-15-7-13-30-24(28(37)34(16-17-35)26(30)29(33)38)23-22(39-30)12-6-14-32(27(23)36)18-20-9-3-2-4-10-20/h2-13,22-24,26,35H,14-18H2,1H3/t22-,23+,24-,26?,30-/m0/s1. The van der Waals surface area contributed by atoms with Gasteiger partial charge in [0.1, 0.15) is 6.04 Å². The van der Waals surface area contributed by atoms with Gasteiger partial charge in [0.15, 0.2) is 0 Å². The van der Waals surface area contributed by atoms with Crippen LogP contribution in [0.25, 0.3) is 0 Å². The highest BCUT2D eigenvalue weighted by atomic mass is 35.5. The largest absolute Gasteiger partial charge is 0.395 e. The number of aliphatic hydroxyl groups excluding tert-OH is 1. The van der Waals surface area contributed by atoms with Crippen molar-refractivity contribution in [3.05, 3.63) is 89.0 Å². The maximum atomic E-state index is 14.4. The van der Waals surface area contributed by atoms with E-state index in [0.29, 0.717) is 30.3 Å². The number of aryl methyl sites for hydroxylation is 1. The van der Waals surface area contributed by atoms with Gasteiger partial charge in [-0.05, 0) is 24.1 Å². The fraction of sp³-hybridized carbons (Fsp3) is 0.367. The maximum absolute atomic E-state index is 14.4. The Morgan fingerprint density at radius 3 is 2.54 bits per heavy atom. The zero-order chi connectivity index (χ0) is 27.3. The Kier molecular flexibility index (Phi) is 6.81. The molecule has 0 aliphatic carbocycles. The third-order valence-electron chi connectivity index (χ3n) is 8.26. The Labute approximate surface area is 237 Å². The number of anilines is 1. The molecule has 7 nitrogen and oxygen atoms in total. The van der Waals surface area contributed by atoms with Gasteiger partial charge < -0.3 is 19.8 Å². The first kappa shape index (κ1) is 26.2. The van der Waals surface area contributed by atoms with E-state index in [1.165, 1.54) is 16.7 Å². The Morgan fingerprint density at radius 1 is 1.00 bits per heavy atom. The number of halogens is 1. The van der Waals surface area contributed by atoms with Gasteiger partial charge in [-0.3, -0.25) is 14.4 Å². The fourth-order valence-corrected chi connectivity index (χ4v) is 8.98. The molecule has 2 fully saturated rings. The minimum Gasteiger partial charge on any atom is -0.395 e. The molecule has 5 atom stereocenters. The van der Waals surface area contributed by atoms with Gasteiger partial charge in [-0.1, -0.05) is 78.4 Å². The van der Waals surface area contributed by atoms with Gasteiger partial charge in [0.05, 0.1) is 33.9 Å². The number of para-hydroxylation sites is 1. The molecule has 1 unspecified atom stereocenters. The zero-order valence-electron chi connectivity index (χ0n) is 21.6. The highest BCUT2D eigenvalue weighted by Gasteiger charge is 2.71. The van der Waals surface area contributed by atoms with Gasteiger partial charge in [0, 0.05) is 31.4 Å². The molecule has 202 valence electrons. The van der Waals surface area contributed by atoms with Crippen molar-refractivity contribution in [1.29, 1.82) is 0 Å². The van der Waals surface area contributed by atoms with Gasteiger partial charge in [-0.2, -0.15) is 0 Å². The Hall–Kier alpha value is -3.07. The molecule has 2 aromatic carbocycles. The van der Waals surface area contributed by atoms with Crippen LogP contribution in [0.2, 0.25) is 5.02 Å². The van der Waals surface area contributed by atoms with Gasteiger partial charge in [0.25, 0.3) is 5.91 Å². The molecular formula is C30H30ClN3O4S. The second-order valence-electron chi connectivity index (χ2n) is 10.5. The van der Waals surface area contributed by atoms with Gasteiger partial charge >= 0.3 is 0 Å². The normalized spacial score (nSPS) is 29.8. The predicted molar refractivity (Wildman–Crippen MR) is 152 cm³/mol. The van der Waals surface area contributed by atoms with E-state index >= 15 is 0 Å². The molecule has 39 heavy (non-hydrogen) atoms. The van der Waals surface area contributed by atoms with E-state index in [0.717, 1.165) is 11.1 Å². The summed E-state index contributed by atoms with van der Waals surface area (Å²) in [5.74, 6) is -1.91. The van der Waals surface area contributed by atoms with Crippen LogP contribution in [0.15, 0.2) is 72.8 Å². The smallest absolute Gasteiger partial charge is 0.251 e. The number of carbonyl (C=O) groups excluding carboxylic acids is 3. The van der Waals surface area contributed by atoms with Crippen molar-refractivity contribution in [3.63, 3.8) is 0 Å². The molecule has 9 heteroatoms. The van der Waals surface area contributed by atoms with Crippen LogP contribution in [-0.4, -0.2) is 74.9 Å². The van der Waals surface area contributed by atoms with Crippen LogP contribution in [0.5, 0.6) is 0 Å². The summed E-state index contributed by atoms with van der Waals surface area (Å²) in [6, 6.07) is 14.4. The number of amides is 3. The minimum atomic E-state index is -0.932. The molecule has 1 spiro atoms. The van der Waals surface area contributed by atoms with E-state index in [4.69, 9.17) is 11.6 Å². The van der Waals surface area contributed by atoms with Crippen LogP contribution in [0.3, 0.4) is 0 Å². The van der Waals surface area contributed by atoms with Crippen LogP contribution < -0.4 is 4.90 Å². The zero-order valence-corrected chi connectivity index (χ0v) is 23.1. The second kappa shape index (κ2) is 10.2. The fourth-order valence-electron chi connectivity index (χ4n) is 6.65. The second-order valence-corrected chi connectivity index (χ2v) is 12.4. The first-order valence-electron chi connectivity index (χ1n) is 13.2. The van der Waals surface area contributed by atoms with Crippen LogP contribution in [0.4, 0.5) is 5.69 Å². The number of carbonyl (C=O) groups is 3. The van der Waals surface area contributed by atoms with E-state index in [-0.39, 0.29) is 36.1 Å². The van der Waals surface area contributed by atoms with E-state index in [1.807, 2.05) is 73.7 Å². The average Bonchev–Trinajstić information content (AvgIpc) is 3.23. The molecule has 6 rings (SSSR count). The van der Waals surface area contributed by atoms with Crippen molar-refractivity contribution in [2.45, 2.75) is 29.5 Å². The summed E-state index contributed by atoms with van der Waals surface area (Å²) in [6.45, 7) is 2.86. The van der Waals surface area contributed by atoms with Crippen LogP contribution in [-0.2, 0) is 20.9 Å². The molecule has 0 aromatic heterocycles. The monoisotopic (exact) mass is 563 g/mol. The number of benzene rings is 2.